The Hall–Kier alpha value is -2.05. The molecule has 0 atom stereocenters. The minimum Gasteiger partial charge on any atom is -0.478 e. The van der Waals surface area contributed by atoms with Gasteiger partial charge in [-0.1, -0.05) is 23.2 Å². The van der Waals surface area contributed by atoms with Gasteiger partial charge in [-0.15, -0.1) is 0 Å². The van der Waals surface area contributed by atoms with Gasteiger partial charge in [0.2, 0.25) is 0 Å². The van der Waals surface area contributed by atoms with Crippen LogP contribution in [0.3, 0.4) is 0 Å². The van der Waals surface area contributed by atoms with Crippen molar-refractivity contribution in [2.45, 2.75) is 13.8 Å². The Morgan fingerprint density at radius 1 is 1.10 bits per heavy atom. The van der Waals surface area contributed by atoms with Gasteiger partial charge in [-0.3, -0.25) is 10.1 Å². The normalized spacial score (nSPS) is 11.4. The Morgan fingerprint density at radius 3 is 2.29 bits per heavy atom. The van der Waals surface area contributed by atoms with Crippen molar-refractivity contribution in [3.05, 3.63) is 39.4 Å². The van der Waals surface area contributed by atoms with Crippen molar-refractivity contribution < 1.29 is 19.5 Å². The number of carbonyl (C=O) groups excluding carboxylic acids is 2. The highest BCUT2D eigenvalue weighted by molar-refractivity contribution is 6.35. The zero-order valence-electron chi connectivity index (χ0n) is 11.2. The maximum Gasteiger partial charge on any atom is 0.331 e. The van der Waals surface area contributed by atoms with Crippen LogP contribution in [0, 0.1) is 0 Å². The lowest BCUT2D eigenvalue weighted by Crippen LogP contribution is -2.35. The Kier molecular flexibility index (Phi) is 5.75. The van der Waals surface area contributed by atoms with Gasteiger partial charge in [0, 0.05) is 16.2 Å². The van der Waals surface area contributed by atoms with Crippen molar-refractivity contribution in [2.24, 2.45) is 0 Å². The lowest BCUT2D eigenvalue weighted by atomic mass is 10.1. The SMILES string of the molecule is CC(C(=O)O)=C(C)C(=O)NC(=O)Nc1cc(Cl)ccc1Cl. The van der Waals surface area contributed by atoms with Gasteiger partial charge in [0.1, 0.15) is 0 Å². The second-order valence-corrected chi connectivity index (χ2v) is 4.93. The zero-order valence-corrected chi connectivity index (χ0v) is 12.7. The molecule has 8 heteroatoms. The van der Waals surface area contributed by atoms with Crippen molar-refractivity contribution >= 4 is 46.8 Å². The summed E-state index contributed by atoms with van der Waals surface area (Å²) in [5.74, 6) is -2.05. The summed E-state index contributed by atoms with van der Waals surface area (Å²) in [5.41, 5.74) is 0.00184. The third-order valence-electron chi connectivity index (χ3n) is 2.63. The molecule has 3 N–H and O–H groups in total. The number of aliphatic carboxylic acids is 1. The summed E-state index contributed by atoms with van der Waals surface area (Å²) in [6.07, 6.45) is 0. The van der Waals surface area contributed by atoms with Gasteiger partial charge in [0.15, 0.2) is 0 Å². The van der Waals surface area contributed by atoms with E-state index in [0.29, 0.717) is 5.02 Å². The number of rotatable bonds is 3. The predicted octanol–water partition coefficient (Wildman–Crippen LogP) is 3.06. The van der Waals surface area contributed by atoms with Crippen LogP contribution in [0.1, 0.15) is 13.8 Å². The summed E-state index contributed by atoms with van der Waals surface area (Å²) < 4.78 is 0. The van der Waals surface area contributed by atoms with E-state index in [1.54, 1.807) is 6.07 Å². The van der Waals surface area contributed by atoms with Crippen LogP contribution < -0.4 is 10.6 Å². The molecule has 0 spiro atoms. The highest BCUT2D eigenvalue weighted by atomic mass is 35.5. The van der Waals surface area contributed by atoms with Crippen LogP contribution in [-0.4, -0.2) is 23.0 Å². The Balaban J connectivity index is 2.79. The first kappa shape index (κ1) is 17.0. The summed E-state index contributed by atoms with van der Waals surface area (Å²) in [7, 11) is 0. The summed E-state index contributed by atoms with van der Waals surface area (Å²) in [5, 5.41) is 13.7. The number of hydrogen-bond donors (Lipinski definition) is 3. The van der Waals surface area contributed by atoms with Crippen molar-refractivity contribution in [3.8, 4) is 0 Å². The van der Waals surface area contributed by atoms with E-state index in [-0.39, 0.29) is 21.9 Å². The predicted molar refractivity (Wildman–Crippen MR) is 79.6 cm³/mol. The molecule has 0 bridgehead atoms. The molecule has 6 nitrogen and oxygen atoms in total. The number of imide groups is 1. The van der Waals surface area contributed by atoms with Crippen LogP contribution >= 0.6 is 23.2 Å². The van der Waals surface area contributed by atoms with E-state index in [0.717, 1.165) is 0 Å². The number of carboxylic acid groups (broad SMARTS) is 1. The Bertz CT molecular complexity index is 641. The number of nitrogens with one attached hydrogen (secondary N) is 2. The van der Waals surface area contributed by atoms with E-state index in [2.05, 4.69) is 5.32 Å². The number of hydrogen-bond acceptors (Lipinski definition) is 3. The van der Waals surface area contributed by atoms with E-state index in [9.17, 15) is 14.4 Å². The first-order valence-electron chi connectivity index (χ1n) is 5.70. The van der Waals surface area contributed by atoms with Crippen LogP contribution in [0.4, 0.5) is 10.5 Å². The summed E-state index contributed by atoms with van der Waals surface area (Å²) >= 11 is 11.6. The smallest absolute Gasteiger partial charge is 0.331 e. The summed E-state index contributed by atoms with van der Waals surface area (Å²) in [6.45, 7) is 2.57. The minimum atomic E-state index is -1.24. The maximum atomic E-state index is 11.7. The summed E-state index contributed by atoms with van der Waals surface area (Å²) in [6, 6.07) is 3.60. The van der Waals surface area contributed by atoms with Crippen LogP contribution in [0.15, 0.2) is 29.3 Å². The number of halogens is 2. The molecule has 0 radical (unpaired) electrons. The largest absolute Gasteiger partial charge is 0.478 e. The lowest BCUT2D eigenvalue weighted by Gasteiger charge is -2.09. The van der Waals surface area contributed by atoms with Crippen molar-refractivity contribution in [1.29, 1.82) is 0 Å². The fourth-order valence-electron chi connectivity index (χ4n) is 1.27. The number of anilines is 1. The molecule has 3 amide bonds. The van der Waals surface area contributed by atoms with E-state index in [4.69, 9.17) is 28.3 Å². The standard InChI is InChI=1S/C13H12Cl2N2O4/c1-6(7(2)12(19)20)11(18)17-13(21)16-10-5-8(14)3-4-9(10)15/h3-5H,1-2H3,(H,19,20)(H2,16,17,18,21). The van der Waals surface area contributed by atoms with Crippen LogP contribution in [0.5, 0.6) is 0 Å². The molecule has 1 aromatic rings. The molecule has 112 valence electrons. The Labute approximate surface area is 130 Å². The second kappa shape index (κ2) is 7.10. The molecule has 0 saturated carbocycles. The number of amides is 3. The third-order valence-corrected chi connectivity index (χ3v) is 3.19. The molecule has 0 aliphatic rings. The summed E-state index contributed by atoms with van der Waals surface area (Å²) in [4.78, 5) is 34.1. The molecule has 1 rings (SSSR count). The number of carboxylic acids is 1. The van der Waals surface area contributed by atoms with Crippen LogP contribution in [-0.2, 0) is 9.59 Å². The highest BCUT2D eigenvalue weighted by Crippen LogP contribution is 2.25. The molecule has 21 heavy (non-hydrogen) atoms. The molecule has 0 fully saturated rings. The van der Waals surface area contributed by atoms with Gasteiger partial charge < -0.3 is 10.4 Å². The monoisotopic (exact) mass is 330 g/mol. The van der Waals surface area contributed by atoms with Crippen LogP contribution in [0.25, 0.3) is 0 Å². The minimum absolute atomic E-state index is 0.0742. The molecule has 0 heterocycles. The molecule has 0 unspecified atom stereocenters. The molecular weight excluding hydrogens is 319 g/mol. The second-order valence-electron chi connectivity index (χ2n) is 4.09. The van der Waals surface area contributed by atoms with E-state index in [1.165, 1.54) is 26.0 Å². The van der Waals surface area contributed by atoms with E-state index < -0.39 is 17.9 Å². The fraction of sp³-hybridized carbons (Fsp3) is 0.154. The average Bonchev–Trinajstić information content (AvgIpc) is 2.40. The number of carbonyl (C=O) groups is 3. The van der Waals surface area contributed by atoms with Gasteiger partial charge in [0.05, 0.1) is 10.7 Å². The molecule has 1 aromatic carbocycles. The quantitative estimate of drug-likeness (QED) is 0.742. The Morgan fingerprint density at radius 2 is 1.71 bits per heavy atom. The molecule has 0 saturated heterocycles. The average molecular weight is 331 g/mol. The van der Waals surface area contributed by atoms with Gasteiger partial charge in [-0.05, 0) is 32.0 Å². The number of urea groups is 1. The van der Waals surface area contributed by atoms with Gasteiger partial charge >= 0.3 is 12.0 Å². The maximum absolute atomic E-state index is 11.7. The van der Waals surface area contributed by atoms with Crippen LogP contribution in [0.2, 0.25) is 10.0 Å². The van der Waals surface area contributed by atoms with Gasteiger partial charge in [-0.25, -0.2) is 9.59 Å². The number of benzene rings is 1. The van der Waals surface area contributed by atoms with Gasteiger partial charge in [0.25, 0.3) is 5.91 Å². The van der Waals surface area contributed by atoms with Crippen molar-refractivity contribution in [3.63, 3.8) is 0 Å². The molecule has 0 aromatic heterocycles. The topological polar surface area (TPSA) is 95.5 Å². The molecule has 0 aliphatic carbocycles. The van der Waals surface area contributed by atoms with E-state index in [1.807, 2.05) is 5.32 Å². The highest BCUT2D eigenvalue weighted by Gasteiger charge is 2.15. The van der Waals surface area contributed by atoms with Crippen molar-refractivity contribution in [1.82, 2.24) is 5.32 Å². The lowest BCUT2D eigenvalue weighted by molar-refractivity contribution is -0.133. The fourth-order valence-corrected chi connectivity index (χ4v) is 1.61. The zero-order chi connectivity index (χ0) is 16.2. The van der Waals surface area contributed by atoms with E-state index >= 15 is 0 Å². The van der Waals surface area contributed by atoms with Gasteiger partial charge in [-0.2, -0.15) is 0 Å². The molecule has 0 aliphatic heterocycles. The van der Waals surface area contributed by atoms with Crippen molar-refractivity contribution in [2.75, 3.05) is 5.32 Å². The third kappa shape index (κ3) is 4.77. The first-order chi connectivity index (χ1) is 9.72. The first-order valence-corrected chi connectivity index (χ1v) is 6.46. The molecular formula is C13H12Cl2N2O4.